The molecule has 0 heterocycles. The summed E-state index contributed by atoms with van der Waals surface area (Å²) in [5, 5.41) is 49.3. The minimum atomic E-state index is -1.32. The molecule has 0 aliphatic carbocycles. The lowest BCUT2D eigenvalue weighted by Gasteiger charge is -2.43. The van der Waals surface area contributed by atoms with Crippen molar-refractivity contribution in [2.75, 3.05) is 52.4 Å². The minimum Gasteiger partial charge on any atom is -0.480 e. The molecule has 0 radical (unpaired) electrons. The molecule has 14 nitrogen and oxygen atoms in total. The molecule has 0 fully saturated rings. The quantitative estimate of drug-likeness (QED) is 0.0868. The smallest absolute Gasteiger partial charge is 0.359 e. The predicted molar refractivity (Wildman–Crippen MR) is 135 cm³/mol. The molecular formula is C23H31N4O10S+. The zero-order chi connectivity index (χ0) is 28.9. The minimum absolute atomic E-state index is 0.0966. The number of quaternary nitrogens is 1. The first-order valence-electron chi connectivity index (χ1n) is 11.3. The molecule has 38 heavy (non-hydrogen) atoms. The van der Waals surface area contributed by atoms with Crippen LogP contribution in [0.3, 0.4) is 0 Å². The molecule has 1 rings (SSSR count). The Hall–Kier alpha value is -3.75. The van der Waals surface area contributed by atoms with Gasteiger partial charge < -0.3 is 25.5 Å². The summed E-state index contributed by atoms with van der Waals surface area (Å²) >= 11 is 4.77. The van der Waals surface area contributed by atoms with Crippen molar-refractivity contribution in [2.45, 2.75) is 19.1 Å². The van der Waals surface area contributed by atoms with Crippen LogP contribution in [0.2, 0.25) is 0 Å². The number of isothiocyanates is 1. The SMILES string of the molecule is CC(C[N+](CC(=O)O)(CC(=O)O)C(N=C=S)c1ccccc1)N(CCN(CC(=O)O)CC(=O)O)CC(=O)O. The van der Waals surface area contributed by atoms with Crippen LogP contribution in [-0.2, 0) is 24.0 Å². The number of aliphatic imine (C=N–C) groups is 1. The first-order valence-corrected chi connectivity index (χ1v) is 11.7. The summed E-state index contributed by atoms with van der Waals surface area (Å²) < 4.78 is -0.663. The highest BCUT2D eigenvalue weighted by Gasteiger charge is 2.44. The van der Waals surface area contributed by atoms with E-state index >= 15 is 0 Å². The molecule has 0 saturated heterocycles. The average molecular weight is 556 g/mol. The highest BCUT2D eigenvalue weighted by Crippen LogP contribution is 2.31. The van der Waals surface area contributed by atoms with Crippen LogP contribution in [0.5, 0.6) is 0 Å². The summed E-state index contributed by atoms with van der Waals surface area (Å²) in [7, 11) is 0. The largest absolute Gasteiger partial charge is 0.480 e. The van der Waals surface area contributed by atoms with Crippen molar-refractivity contribution < 1.29 is 54.0 Å². The van der Waals surface area contributed by atoms with Gasteiger partial charge in [0.2, 0.25) is 6.17 Å². The zero-order valence-corrected chi connectivity index (χ0v) is 21.5. The Morgan fingerprint density at radius 2 is 1.34 bits per heavy atom. The third-order valence-electron chi connectivity index (χ3n) is 5.70. The van der Waals surface area contributed by atoms with E-state index in [1.54, 1.807) is 37.3 Å². The number of benzene rings is 1. The zero-order valence-electron chi connectivity index (χ0n) is 20.7. The third kappa shape index (κ3) is 11.1. The number of hydrogen-bond acceptors (Lipinski definition) is 9. The Morgan fingerprint density at radius 1 is 0.842 bits per heavy atom. The van der Waals surface area contributed by atoms with E-state index < -0.39 is 79.3 Å². The summed E-state index contributed by atoms with van der Waals surface area (Å²) in [6, 6.07) is 7.53. The number of carbonyl (C=O) groups is 5. The summed E-state index contributed by atoms with van der Waals surface area (Å²) in [4.78, 5) is 64.4. The van der Waals surface area contributed by atoms with Crippen LogP contribution in [0.25, 0.3) is 0 Å². The molecule has 5 N–H and O–H groups in total. The fourth-order valence-corrected chi connectivity index (χ4v) is 4.42. The van der Waals surface area contributed by atoms with Crippen LogP contribution in [0.4, 0.5) is 0 Å². The van der Waals surface area contributed by atoms with Gasteiger partial charge in [-0.2, -0.15) is 4.99 Å². The van der Waals surface area contributed by atoms with Crippen LogP contribution in [0, 0.1) is 0 Å². The fraction of sp³-hybridized carbons (Fsp3) is 0.478. The van der Waals surface area contributed by atoms with Crippen LogP contribution in [-0.4, -0.2) is 133 Å². The average Bonchev–Trinajstić information content (AvgIpc) is 2.78. The van der Waals surface area contributed by atoms with Crippen LogP contribution in [0.15, 0.2) is 35.3 Å². The highest BCUT2D eigenvalue weighted by atomic mass is 32.1. The van der Waals surface area contributed by atoms with E-state index in [9.17, 15) is 39.3 Å². The molecule has 0 saturated carbocycles. The lowest BCUT2D eigenvalue weighted by molar-refractivity contribution is -0.945. The Labute approximate surface area is 223 Å². The lowest BCUT2D eigenvalue weighted by atomic mass is 10.1. The molecule has 0 bridgehead atoms. The molecule has 1 aromatic carbocycles. The molecule has 208 valence electrons. The lowest BCUT2D eigenvalue weighted by Crippen LogP contribution is -2.61. The standard InChI is InChI=1S/C23H30N4O10S/c1-16(26(11-20(32)33)8-7-25(9-18(28)29)10-19(30)31)12-27(13-21(34)35,14-22(36)37)23(24-15-38)17-5-3-2-4-6-17/h2-6,16,23H,7-14H2,1H3,(H4-,28,29,30,31,32,33,34,35,36,37)/p+1. The van der Waals surface area contributed by atoms with Crippen LogP contribution >= 0.6 is 12.2 Å². The molecule has 2 atom stereocenters. The summed E-state index contributed by atoms with van der Waals surface area (Å²) in [5.74, 6) is -6.43. The van der Waals surface area contributed by atoms with Crippen molar-refractivity contribution in [3.8, 4) is 0 Å². The van der Waals surface area contributed by atoms with E-state index in [4.69, 9.17) is 22.4 Å². The van der Waals surface area contributed by atoms with E-state index in [0.717, 1.165) is 4.90 Å². The van der Waals surface area contributed by atoms with Crippen molar-refractivity contribution >= 4 is 47.2 Å². The highest BCUT2D eigenvalue weighted by molar-refractivity contribution is 7.78. The maximum absolute atomic E-state index is 12.0. The number of aliphatic carboxylic acids is 5. The van der Waals surface area contributed by atoms with Gasteiger partial charge in [0.25, 0.3) is 0 Å². The number of thiocarbonyl (C=S) groups is 1. The number of carboxylic acids is 5. The Kier molecular flexibility index (Phi) is 13.2. The second-order valence-electron chi connectivity index (χ2n) is 8.72. The van der Waals surface area contributed by atoms with Crippen molar-refractivity contribution in [3.63, 3.8) is 0 Å². The molecule has 2 unspecified atom stereocenters. The molecule has 0 aliphatic heterocycles. The van der Waals surface area contributed by atoms with E-state index in [1.165, 1.54) is 4.90 Å². The normalized spacial score (nSPS) is 12.9. The van der Waals surface area contributed by atoms with E-state index in [0.29, 0.717) is 5.56 Å². The van der Waals surface area contributed by atoms with Gasteiger partial charge in [0.15, 0.2) is 13.1 Å². The van der Waals surface area contributed by atoms with Crippen molar-refractivity contribution in [1.29, 1.82) is 0 Å². The summed E-state index contributed by atoms with van der Waals surface area (Å²) in [6.45, 7) is -2.00. The van der Waals surface area contributed by atoms with Gasteiger partial charge in [-0.15, -0.1) is 0 Å². The second-order valence-corrected chi connectivity index (χ2v) is 8.90. The maximum atomic E-state index is 12.0. The predicted octanol–water partition coefficient (Wildman–Crippen LogP) is 0.0203. The van der Waals surface area contributed by atoms with E-state index in [-0.39, 0.29) is 19.6 Å². The van der Waals surface area contributed by atoms with Crippen molar-refractivity contribution in [3.05, 3.63) is 35.9 Å². The molecule has 1 aromatic rings. The number of rotatable bonds is 19. The van der Waals surface area contributed by atoms with E-state index in [1.807, 2.05) is 0 Å². The monoisotopic (exact) mass is 555 g/mol. The first-order chi connectivity index (χ1) is 17.8. The second kappa shape index (κ2) is 15.5. The van der Waals surface area contributed by atoms with Crippen molar-refractivity contribution in [2.24, 2.45) is 4.99 Å². The van der Waals surface area contributed by atoms with Gasteiger partial charge >= 0.3 is 29.8 Å². The molecule has 0 amide bonds. The van der Waals surface area contributed by atoms with Gasteiger partial charge in [-0.25, -0.2) is 9.59 Å². The Bertz CT molecular complexity index is 1020. The summed E-state index contributed by atoms with van der Waals surface area (Å²) in [5.41, 5.74) is 0.471. The molecule has 0 spiro atoms. The van der Waals surface area contributed by atoms with Gasteiger partial charge in [0.05, 0.1) is 37.4 Å². The van der Waals surface area contributed by atoms with Crippen LogP contribution in [0.1, 0.15) is 18.7 Å². The van der Waals surface area contributed by atoms with Gasteiger partial charge in [0, 0.05) is 18.7 Å². The maximum Gasteiger partial charge on any atom is 0.359 e. The van der Waals surface area contributed by atoms with Gasteiger partial charge in [-0.3, -0.25) is 28.7 Å². The van der Waals surface area contributed by atoms with E-state index in [2.05, 4.69) is 10.2 Å². The van der Waals surface area contributed by atoms with Gasteiger partial charge in [0.1, 0.15) is 0 Å². The first kappa shape index (κ1) is 32.3. The molecular weight excluding hydrogens is 524 g/mol. The topological polar surface area (TPSA) is 205 Å². The molecule has 15 heteroatoms. The number of carboxylic acid groups (broad SMARTS) is 5. The Morgan fingerprint density at radius 3 is 1.76 bits per heavy atom. The van der Waals surface area contributed by atoms with Crippen molar-refractivity contribution in [1.82, 2.24) is 9.80 Å². The van der Waals surface area contributed by atoms with Gasteiger partial charge in [-0.1, -0.05) is 30.3 Å². The Balaban J connectivity index is 3.47. The van der Waals surface area contributed by atoms with Crippen LogP contribution < -0.4 is 0 Å². The fourth-order valence-electron chi connectivity index (χ4n) is 4.32. The van der Waals surface area contributed by atoms with Gasteiger partial charge in [-0.05, 0) is 19.1 Å². The molecule has 0 aliphatic rings. The number of nitrogens with zero attached hydrogens (tertiary/aromatic N) is 4. The summed E-state index contributed by atoms with van der Waals surface area (Å²) in [6.07, 6.45) is -1.09. The molecule has 0 aromatic heterocycles. The number of hydrogen-bond donors (Lipinski definition) is 5. The third-order valence-corrected chi connectivity index (χ3v) is 5.81.